The van der Waals surface area contributed by atoms with Gasteiger partial charge < -0.3 is 98.4 Å². The number of nitrogens with zero attached hydrogens (tertiary/aromatic N) is 2. The number of phosphoric acid groups is 2. The van der Waals surface area contributed by atoms with Crippen LogP contribution in [-0.2, 0) is 72.5 Å². The smallest absolute Gasteiger partial charge is 0.790 e. The summed E-state index contributed by atoms with van der Waals surface area (Å²) in [6.45, 7) is 14.5. The number of phosphoric ester groups is 2. The zero-order chi connectivity index (χ0) is 75.3. The van der Waals surface area contributed by atoms with E-state index in [0.29, 0.717) is 63.4 Å². The van der Waals surface area contributed by atoms with E-state index in [0.717, 1.165) is 44.5 Å². The first kappa shape index (κ1) is 94.1. The molecule has 2 fully saturated rings. The minimum Gasteiger partial charge on any atom is -0.790 e. The molecular weight excluding hydrogens is 1460 g/mol. The Balaban J connectivity index is 0.000000440. The maximum atomic E-state index is 14.1. The Morgan fingerprint density at radius 1 is 0.458 bits per heavy atom. The fraction of sp³-hybridized carbons (Fsp3) is 0.447. The van der Waals surface area contributed by atoms with E-state index in [4.69, 9.17) is 18.9 Å². The van der Waals surface area contributed by atoms with E-state index in [1.807, 2.05) is 213 Å². The summed E-state index contributed by atoms with van der Waals surface area (Å²) in [5.41, 5.74) is 6.95. The number of urea groups is 2. The molecule has 26 nitrogen and oxygen atoms in total. The molecule has 0 unspecified atom stereocenters. The Morgan fingerprint density at radius 2 is 0.757 bits per heavy atom. The van der Waals surface area contributed by atoms with Crippen LogP contribution in [0.1, 0.15) is 97.9 Å². The third-order valence-corrected chi connectivity index (χ3v) is 18.6. The molecule has 2 aliphatic rings. The van der Waals surface area contributed by atoms with Gasteiger partial charge in [0.15, 0.2) is 26.8 Å². The second-order valence-corrected chi connectivity index (χ2v) is 29.0. The van der Waals surface area contributed by atoms with Crippen LogP contribution >= 0.6 is 15.6 Å². The Kier molecular flexibility index (Phi) is 42.1. The summed E-state index contributed by atoms with van der Waals surface area (Å²) in [5.74, 6) is -0.902. The SMILES string of the molecule is Cc1cccc(C)c1OCC(=O)N[C@@H](Cc1ccccc1)[C@H](C[C@H](Cc1ccccc1)NC(=O)[C@H](C(C)C)N1CCCNC1=O)OCOP(=O)([O-])[O-].Cc1cccc(C)c1OCC(=O)N[C@@H](Cc1ccccc1)[C@H](C[C@H](Cc1ccccc1)NC(=O)[C@H](C(C)C)N1CCCNC1=O)OCOP(=O)([O-])[O-].[Ca+2].[Na+].[Na+]. The predicted octanol–water partition coefficient (Wildman–Crippen LogP) is -0.0623. The normalized spacial score (nSPS) is 15.2. The monoisotopic (exact) mass is 1560 g/mol. The number of para-hydroxylation sites is 2. The molecule has 0 saturated carbocycles. The summed E-state index contributed by atoms with van der Waals surface area (Å²) >= 11 is 0. The summed E-state index contributed by atoms with van der Waals surface area (Å²) in [7, 11) is -10.8. The largest absolute Gasteiger partial charge is 2.00 e. The predicted molar refractivity (Wildman–Crippen MR) is 390 cm³/mol. The van der Waals surface area contributed by atoms with Crippen molar-refractivity contribution in [3.8, 4) is 11.5 Å². The van der Waals surface area contributed by atoms with E-state index in [9.17, 15) is 57.5 Å². The van der Waals surface area contributed by atoms with Gasteiger partial charge in [0.2, 0.25) is 11.8 Å². The van der Waals surface area contributed by atoms with E-state index >= 15 is 0 Å². The fourth-order valence-corrected chi connectivity index (χ4v) is 13.3. The number of benzene rings is 6. The van der Waals surface area contributed by atoms with Crippen LogP contribution in [0.25, 0.3) is 0 Å². The van der Waals surface area contributed by atoms with Crippen LogP contribution in [0.15, 0.2) is 158 Å². The van der Waals surface area contributed by atoms with Crippen molar-refractivity contribution in [2.24, 2.45) is 11.8 Å². The molecule has 6 aromatic rings. The van der Waals surface area contributed by atoms with E-state index < -0.39 is 89.5 Å². The number of rotatable bonds is 38. The van der Waals surface area contributed by atoms with Gasteiger partial charge in [0.05, 0.1) is 39.9 Å². The minimum atomic E-state index is -5.40. The first-order valence-electron chi connectivity index (χ1n) is 35.0. The molecule has 564 valence electrons. The van der Waals surface area contributed by atoms with Gasteiger partial charge in [-0.3, -0.25) is 19.2 Å². The van der Waals surface area contributed by atoms with Gasteiger partial charge in [0.25, 0.3) is 11.8 Å². The Hall–Kier alpha value is -5.26. The van der Waals surface area contributed by atoms with Crippen molar-refractivity contribution < 1.29 is 145 Å². The number of carbonyl (C=O) groups excluding carboxylic acids is 6. The maximum Gasteiger partial charge on any atom is 2.00 e. The van der Waals surface area contributed by atoms with E-state index in [2.05, 4.69) is 40.9 Å². The van der Waals surface area contributed by atoms with Crippen molar-refractivity contribution in [3.05, 3.63) is 202 Å². The number of nitrogens with one attached hydrogen (secondary N) is 6. The zero-order valence-corrected chi connectivity index (χ0v) is 70.9. The third-order valence-electron chi connectivity index (χ3n) is 17.8. The van der Waals surface area contributed by atoms with Crippen LogP contribution in [0.3, 0.4) is 0 Å². The topological polar surface area (TPSA) is 363 Å². The molecular formula is C76H98CaN8Na2O18P2. The number of ether oxygens (including phenoxy) is 4. The molecule has 6 N–H and O–H groups in total. The quantitative estimate of drug-likeness (QED) is 0.0168. The molecule has 0 bridgehead atoms. The number of aryl methyl sites for hydroxylation is 4. The standard InChI is InChI=1S/2C38H51N4O9P.Ca.2Na/c2*1-26(2)35(42-20-12-19-39-38(42)45)37(44)40-31(21-29-15-7-5-8-16-29)23-33(50-25-51-52(46,47)48)32(22-30-17-9-6-10-18-30)41-34(43)24-49-36-27(3)13-11-14-28(36)4;;;/h2*5-11,13-18,26,31-33,35H,12,19-25H2,1-4H3,(H,39,45)(H,40,44)(H,41,43)(H2,46,47,48);;;/q;;+2;2*+1/p-4/t2*31-,32-,33-,35-;;;/m00.../s1. The van der Waals surface area contributed by atoms with Crippen molar-refractivity contribution in [2.45, 2.75) is 155 Å². The van der Waals surface area contributed by atoms with E-state index in [1.54, 1.807) is 9.80 Å². The van der Waals surface area contributed by atoms with E-state index in [-0.39, 0.29) is 171 Å². The van der Waals surface area contributed by atoms with Crippen LogP contribution in [0.5, 0.6) is 11.5 Å². The summed E-state index contributed by atoms with van der Waals surface area (Å²) < 4.78 is 55.6. The molecule has 0 aromatic heterocycles. The number of amides is 8. The van der Waals surface area contributed by atoms with Crippen LogP contribution in [0.4, 0.5) is 9.59 Å². The molecule has 2 saturated heterocycles. The van der Waals surface area contributed by atoms with Crippen molar-refractivity contribution in [1.82, 2.24) is 41.7 Å². The molecule has 6 aromatic carbocycles. The first-order valence-corrected chi connectivity index (χ1v) is 37.9. The molecule has 2 heterocycles. The van der Waals surface area contributed by atoms with Crippen molar-refractivity contribution >= 4 is 89.1 Å². The van der Waals surface area contributed by atoms with Gasteiger partial charge in [-0.15, -0.1) is 0 Å². The second kappa shape index (κ2) is 47.8. The molecule has 8 rings (SSSR count). The van der Waals surface area contributed by atoms with Gasteiger partial charge >= 0.3 is 109 Å². The third kappa shape index (κ3) is 32.9. The van der Waals surface area contributed by atoms with Gasteiger partial charge in [-0.05, 0) is 135 Å². The van der Waals surface area contributed by atoms with Crippen molar-refractivity contribution in [1.29, 1.82) is 0 Å². The second-order valence-electron chi connectivity index (χ2n) is 26.7. The minimum absolute atomic E-state index is 0. The Morgan fingerprint density at radius 3 is 1.04 bits per heavy atom. The van der Waals surface area contributed by atoms with Crippen LogP contribution < -0.4 is 120 Å². The summed E-state index contributed by atoms with van der Waals surface area (Å²) in [4.78, 5) is 130. The summed E-state index contributed by atoms with van der Waals surface area (Å²) in [5, 5.41) is 17.9. The van der Waals surface area contributed by atoms with Crippen LogP contribution in [0, 0.1) is 39.5 Å². The molecule has 0 aliphatic carbocycles. The molecule has 107 heavy (non-hydrogen) atoms. The summed E-state index contributed by atoms with van der Waals surface area (Å²) in [6, 6.07) is 43.9. The fourth-order valence-electron chi connectivity index (χ4n) is 12.9. The van der Waals surface area contributed by atoms with Crippen LogP contribution in [0.2, 0.25) is 0 Å². The van der Waals surface area contributed by atoms with Gasteiger partial charge in [-0.2, -0.15) is 0 Å². The van der Waals surface area contributed by atoms with E-state index in [1.165, 1.54) is 0 Å². The van der Waals surface area contributed by atoms with Gasteiger partial charge in [-0.25, -0.2) is 9.59 Å². The number of hydrogen-bond acceptors (Lipinski definition) is 18. The summed E-state index contributed by atoms with van der Waals surface area (Å²) in [6.07, 6.45) is 0.772. The van der Waals surface area contributed by atoms with Gasteiger partial charge in [-0.1, -0.05) is 185 Å². The number of hydrogen-bond donors (Lipinski definition) is 6. The molecule has 8 amide bonds. The molecule has 0 spiro atoms. The van der Waals surface area contributed by atoms with Gasteiger partial charge in [0.1, 0.15) is 23.6 Å². The van der Waals surface area contributed by atoms with Gasteiger partial charge in [0, 0.05) is 38.3 Å². The average molecular weight is 1560 g/mol. The van der Waals surface area contributed by atoms with Crippen molar-refractivity contribution in [2.75, 3.05) is 53.0 Å². The molecule has 31 heteroatoms. The number of carbonyl (C=O) groups is 6. The van der Waals surface area contributed by atoms with Crippen molar-refractivity contribution in [3.63, 3.8) is 0 Å². The van der Waals surface area contributed by atoms with Crippen LogP contribution in [-0.4, -0.2) is 185 Å². The Labute approximate surface area is 702 Å². The maximum absolute atomic E-state index is 14.1. The average Bonchev–Trinajstić information content (AvgIpc) is 0.831. The Bertz CT molecular complexity index is 3540. The molecule has 2 aliphatic heterocycles. The molecule has 0 radical (unpaired) electrons. The first-order chi connectivity index (χ1) is 49.6. The zero-order valence-electron chi connectivity index (χ0n) is 62.9. The molecule has 8 atom stereocenters.